The molecule has 19 heavy (non-hydrogen) atoms. The van der Waals surface area contributed by atoms with E-state index in [9.17, 15) is 0 Å². The summed E-state index contributed by atoms with van der Waals surface area (Å²) in [5, 5.41) is 6.09. The molecule has 0 atom stereocenters. The van der Waals surface area contributed by atoms with Crippen LogP contribution in [0, 0.1) is 0 Å². The summed E-state index contributed by atoms with van der Waals surface area (Å²) < 4.78 is 2.11. The van der Waals surface area contributed by atoms with Crippen LogP contribution in [0.1, 0.15) is 25.5 Å². The van der Waals surface area contributed by atoms with E-state index in [-0.39, 0.29) is 0 Å². The highest BCUT2D eigenvalue weighted by molar-refractivity contribution is 9.09. The Balaban J connectivity index is 1.84. The van der Waals surface area contributed by atoms with Gasteiger partial charge in [-0.2, -0.15) is 5.10 Å². The van der Waals surface area contributed by atoms with Gasteiger partial charge in [-0.15, -0.1) is 0 Å². The molecule has 0 N–H and O–H groups in total. The number of benzene rings is 1. The number of fused-ring (bicyclic) bond motifs is 1. The van der Waals surface area contributed by atoms with E-state index in [1.54, 1.807) is 0 Å². The predicted molar refractivity (Wildman–Crippen MR) is 82.6 cm³/mol. The number of piperidine rings is 1. The first kappa shape index (κ1) is 13.1. The molecule has 4 heteroatoms. The fourth-order valence-corrected chi connectivity index (χ4v) is 3.23. The number of aromatic nitrogens is 2. The van der Waals surface area contributed by atoms with E-state index in [4.69, 9.17) is 5.10 Å². The first-order chi connectivity index (χ1) is 9.28. The summed E-state index contributed by atoms with van der Waals surface area (Å²) in [6, 6.07) is 8.57. The average molecular weight is 322 g/mol. The molecule has 1 aromatic heterocycles. The van der Waals surface area contributed by atoms with E-state index in [0.717, 1.165) is 13.1 Å². The molecule has 1 aromatic carbocycles. The van der Waals surface area contributed by atoms with Gasteiger partial charge in [0.15, 0.2) is 0 Å². The number of rotatable bonds is 3. The molecule has 0 spiro atoms. The molecule has 0 saturated carbocycles. The Morgan fingerprint density at radius 3 is 2.74 bits per heavy atom. The molecule has 1 aliphatic rings. The van der Waals surface area contributed by atoms with E-state index >= 15 is 0 Å². The third kappa shape index (κ3) is 2.70. The van der Waals surface area contributed by atoms with E-state index in [1.807, 2.05) is 0 Å². The number of aryl methyl sites for hydroxylation is 1. The van der Waals surface area contributed by atoms with Gasteiger partial charge in [-0.3, -0.25) is 9.58 Å². The summed E-state index contributed by atoms with van der Waals surface area (Å²) in [6.45, 7) is 6.41. The van der Waals surface area contributed by atoms with Gasteiger partial charge in [-0.25, -0.2) is 0 Å². The van der Waals surface area contributed by atoms with E-state index < -0.39 is 0 Å². The van der Waals surface area contributed by atoms with Crippen molar-refractivity contribution in [1.82, 2.24) is 14.7 Å². The minimum atomic E-state index is 0.702. The van der Waals surface area contributed by atoms with Crippen LogP contribution in [-0.2, 0) is 13.1 Å². The lowest BCUT2D eigenvalue weighted by Crippen LogP contribution is -2.33. The number of hydrogen-bond donors (Lipinski definition) is 0. The maximum Gasteiger partial charge on any atom is 0.0843 e. The maximum atomic E-state index is 4.78. The number of para-hydroxylation sites is 1. The van der Waals surface area contributed by atoms with Crippen LogP contribution in [-0.4, -0.2) is 32.6 Å². The second-order valence-corrected chi connectivity index (χ2v) is 6.53. The predicted octanol–water partition coefficient (Wildman–Crippen LogP) is 3.42. The molecule has 0 unspecified atom stereocenters. The Labute approximate surface area is 122 Å². The molecule has 2 aromatic rings. The maximum absolute atomic E-state index is 4.78. The third-order valence-electron chi connectivity index (χ3n) is 3.92. The zero-order valence-corrected chi connectivity index (χ0v) is 12.9. The average Bonchev–Trinajstić information content (AvgIpc) is 2.80. The Hall–Kier alpha value is -0.870. The monoisotopic (exact) mass is 321 g/mol. The van der Waals surface area contributed by atoms with Gasteiger partial charge in [0.25, 0.3) is 0 Å². The summed E-state index contributed by atoms with van der Waals surface area (Å²) in [4.78, 5) is 3.22. The molecule has 1 saturated heterocycles. The smallest absolute Gasteiger partial charge is 0.0843 e. The SMILES string of the molecule is CCn1nc(CN2CCC(Br)CC2)c2ccccc21. The molecule has 0 radical (unpaired) electrons. The summed E-state index contributed by atoms with van der Waals surface area (Å²) in [5.41, 5.74) is 2.49. The largest absolute Gasteiger partial charge is 0.297 e. The third-order valence-corrected chi connectivity index (χ3v) is 4.84. The zero-order chi connectivity index (χ0) is 13.2. The van der Waals surface area contributed by atoms with Crippen molar-refractivity contribution in [3.63, 3.8) is 0 Å². The molecule has 0 aliphatic carbocycles. The molecular formula is C15H20BrN3. The van der Waals surface area contributed by atoms with Crippen LogP contribution in [0.25, 0.3) is 10.9 Å². The van der Waals surface area contributed by atoms with E-state index in [2.05, 4.69) is 56.7 Å². The van der Waals surface area contributed by atoms with E-state index in [1.165, 1.54) is 42.5 Å². The molecule has 3 nitrogen and oxygen atoms in total. The summed E-state index contributed by atoms with van der Waals surface area (Å²) >= 11 is 3.71. The fourth-order valence-electron chi connectivity index (χ4n) is 2.83. The number of likely N-dealkylation sites (tertiary alicyclic amines) is 1. The lowest BCUT2D eigenvalue weighted by atomic mass is 10.1. The van der Waals surface area contributed by atoms with Crippen molar-refractivity contribution in [2.75, 3.05) is 13.1 Å². The van der Waals surface area contributed by atoms with Crippen molar-refractivity contribution < 1.29 is 0 Å². The van der Waals surface area contributed by atoms with Crippen LogP contribution in [0.15, 0.2) is 24.3 Å². The molecule has 2 heterocycles. The number of halogens is 1. The van der Waals surface area contributed by atoms with Gasteiger partial charge in [0, 0.05) is 23.3 Å². The van der Waals surface area contributed by atoms with Gasteiger partial charge >= 0.3 is 0 Å². The molecule has 1 fully saturated rings. The molecule has 102 valence electrons. The Bertz CT molecular complexity index is 556. The van der Waals surface area contributed by atoms with Crippen molar-refractivity contribution in [3.05, 3.63) is 30.0 Å². The number of alkyl halides is 1. The second-order valence-electron chi connectivity index (χ2n) is 5.23. The van der Waals surface area contributed by atoms with Gasteiger partial charge in [-0.05, 0) is 38.9 Å². The van der Waals surface area contributed by atoms with Gasteiger partial charge in [0.05, 0.1) is 11.2 Å². The van der Waals surface area contributed by atoms with Gasteiger partial charge < -0.3 is 0 Å². The quantitative estimate of drug-likeness (QED) is 0.808. The first-order valence-electron chi connectivity index (χ1n) is 7.08. The number of nitrogens with zero attached hydrogens (tertiary/aromatic N) is 3. The first-order valence-corrected chi connectivity index (χ1v) is 8.00. The highest BCUT2D eigenvalue weighted by Crippen LogP contribution is 2.23. The normalized spacial score (nSPS) is 18.2. The Morgan fingerprint density at radius 2 is 2.00 bits per heavy atom. The molecule has 0 amide bonds. The zero-order valence-electron chi connectivity index (χ0n) is 11.3. The summed E-state index contributed by atoms with van der Waals surface area (Å²) in [7, 11) is 0. The topological polar surface area (TPSA) is 21.1 Å². The van der Waals surface area contributed by atoms with Crippen molar-refractivity contribution in [2.45, 2.75) is 37.7 Å². The lowest BCUT2D eigenvalue weighted by Gasteiger charge is -2.28. The van der Waals surface area contributed by atoms with Gasteiger partial charge in [-0.1, -0.05) is 34.1 Å². The van der Waals surface area contributed by atoms with E-state index in [0.29, 0.717) is 4.83 Å². The minimum absolute atomic E-state index is 0.702. The van der Waals surface area contributed by atoms with Crippen molar-refractivity contribution in [2.24, 2.45) is 0 Å². The van der Waals surface area contributed by atoms with Crippen molar-refractivity contribution >= 4 is 26.8 Å². The van der Waals surface area contributed by atoms with Crippen LogP contribution in [0.3, 0.4) is 0 Å². The van der Waals surface area contributed by atoms with Gasteiger partial charge in [0.2, 0.25) is 0 Å². The molecular weight excluding hydrogens is 302 g/mol. The highest BCUT2D eigenvalue weighted by Gasteiger charge is 2.19. The Kier molecular flexibility index (Phi) is 3.89. The highest BCUT2D eigenvalue weighted by atomic mass is 79.9. The fraction of sp³-hybridized carbons (Fsp3) is 0.533. The van der Waals surface area contributed by atoms with Crippen LogP contribution < -0.4 is 0 Å². The minimum Gasteiger partial charge on any atom is -0.297 e. The Morgan fingerprint density at radius 1 is 1.26 bits per heavy atom. The lowest BCUT2D eigenvalue weighted by molar-refractivity contribution is 0.224. The van der Waals surface area contributed by atoms with Crippen LogP contribution in [0.4, 0.5) is 0 Å². The molecule has 0 bridgehead atoms. The van der Waals surface area contributed by atoms with Crippen LogP contribution in [0.2, 0.25) is 0 Å². The number of hydrogen-bond acceptors (Lipinski definition) is 2. The van der Waals surface area contributed by atoms with Gasteiger partial charge in [0.1, 0.15) is 0 Å². The molecule has 1 aliphatic heterocycles. The summed E-state index contributed by atoms with van der Waals surface area (Å²) in [6.07, 6.45) is 2.48. The van der Waals surface area contributed by atoms with Crippen molar-refractivity contribution in [1.29, 1.82) is 0 Å². The standard InChI is InChI=1S/C15H20BrN3/c1-2-19-15-6-4-3-5-13(15)14(17-19)11-18-9-7-12(16)8-10-18/h3-6,12H,2,7-11H2,1H3. The molecule has 3 rings (SSSR count). The summed E-state index contributed by atoms with van der Waals surface area (Å²) in [5.74, 6) is 0. The van der Waals surface area contributed by atoms with Crippen LogP contribution >= 0.6 is 15.9 Å². The van der Waals surface area contributed by atoms with Crippen molar-refractivity contribution in [3.8, 4) is 0 Å². The van der Waals surface area contributed by atoms with Crippen LogP contribution in [0.5, 0.6) is 0 Å². The second kappa shape index (κ2) is 5.63.